The third kappa shape index (κ3) is 3.40. The van der Waals surface area contributed by atoms with Crippen molar-refractivity contribution in [1.29, 1.82) is 0 Å². The molecule has 0 saturated carbocycles. The van der Waals surface area contributed by atoms with Crippen LogP contribution in [0.4, 0.5) is 0 Å². The Morgan fingerprint density at radius 3 is 2.77 bits per heavy atom. The number of carbonyl (C=O) groups excluding carboxylic acids is 2. The molecule has 5 nitrogen and oxygen atoms in total. The lowest BCUT2D eigenvalue weighted by Gasteiger charge is -2.21. The second-order valence-electron chi connectivity index (χ2n) is 6.07. The summed E-state index contributed by atoms with van der Waals surface area (Å²) < 4.78 is 5.26. The van der Waals surface area contributed by atoms with Crippen LogP contribution in [0.3, 0.4) is 0 Å². The molecule has 1 aliphatic heterocycles. The second kappa shape index (κ2) is 6.81. The zero-order valence-corrected chi connectivity index (χ0v) is 13.7. The second-order valence-corrected chi connectivity index (χ2v) is 6.07. The standard InChI is InChI=1S/C17H24N2O3/c1-11(2)19-10-13(8-15(19)20)9-18-17(21)16-12(3)6-5-7-14(16)22-4/h5-7,11,13H,8-10H2,1-4H3,(H,18,21). The number of benzene rings is 1. The molecule has 1 fully saturated rings. The first-order valence-electron chi connectivity index (χ1n) is 7.65. The molecule has 0 aromatic heterocycles. The predicted molar refractivity (Wildman–Crippen MR) is 85.0 cm³/mol. The smallest absolute Gasteiger partial charge is 0.255 e. The van der Waals surface area contributed by atoms with Crippen molar-refractivity contribution in [2.45, 2.75) is 33.2 Å². The fraction of sp³-hybridized carbons (Fsp3) is 0.529. The minimum atomic E-state index is -0.148. The molecule has 1 N–H and O–H groups in total. The number of likely N-dealkylation sites (tertiary alicyclic amines) is 1. The molecule has 0 radical (unpaired) electrons. The van der Waals surface area contributed by atoms with Crippen molar-refractivity contribution in [2.24, 2.45) is 5.92 Å². The van der Waals surface area contributed by atoms with Crippen molar-refractivity contribution in [1.82, 2.24) is 10.2 Å². The lowest BCUT2D eigenvalue weighted by Crippen LogP contribution is -2.34. The van der Waals surface area contributed by atoms with E-state index >= 15 is 0 Å². The number of aryl methyl sites for hydroxylation is 1. The maximum Gasteiger partial charge on any atom is 0.255 e. The number of nitrogens with zero attached hydrogens (tertiary/aromatic N) is 1. The number of carbonyl (C=O) groups is 2. The number of hydrogen-bond donors (Lipinski definition) is 1. The first-order valence-corrected chi connectivity index (χ1v) is 7.65. The van der Waals surface area contributed by atoms with Gasteiger partial charge in [-0.3, -0.25) is 9.59 Å². The highest BCUT2D eigenvalue weighted by Crippen LogP contribution is 2.23. The quantitative estimate of drug-likeness (QED) is 0.905. The van der Waals surface area contributed by atoms with E-state index < -0.39 is 0 Å². The molecular formula is C17H24N2O3. The van der Waals surface area contributed by atoms with Crippen molar-refractivity contribution in [2.75, 3.05) is 20.2 Å². The van der Waals surface area contributed by atoms with E-state index in [1.54, 1.807) is 13.2 Å². The van der Waals surface area contributed by atoms with Gasteiger partial charge in [0, 0.05) is 31.5 Å². The summed E-state index contributed by atoms with van der Waals surface area (Å²) >= 11 is 0. The van der Waals surface area contributed by atoms with Crippen molar-refractivity contribution in [3.8, 4) is 5.75 Å². The van der Waals surface area contributed by atoms with E-state index in [9.17, 15) is 9.59 Å². The monoisotopic (exact) mass is 304 g/mol. The minimum Gasteiger partial charge on any atom is -0.496 e. The van der Waals surface area contributed by atoms with Crippen LogP contribution in [0.15, 0.2) is 18.2 Å². The van der Waals surface area contributed by atoms with Crippen LogP contribution in [0.5, 0.6) is 5.75 Å². The van der Waals surface area contributed by atoms with Gasteiger partial charge >= 0.3 is 0 Å². The SMILES string of the molecule is COc1cccc(C)c1C(=O)NCC1CC(=O)N(C(C)C)C1. The molecule has 0 bridgehead atoms. The van der Waals surface area contributed by atoms with E-state index in [1.807, 2.05) is 37.8 Å². The highest BCUT2D eigenvalue weighted by Gasteiger charge is 2.31. The van der Waals surface area contributed by atoms with E-state index in [-0.39, 0.29) is 23.8 Å². The molecule has 1 unspecified atom stereocenters. The van der Waals surface area contributed by atoms with Gasteiger partial charge in [-0.05, 0) is 32.4 Å². The summed E-state index contributed by atoms with van der Waals surface area (Å²) in [6.07, 6.45) is 0.503. The third-order valence-corrected chi connectivity index (χ3v) is 4.09. The zero-order valence-electron chi connectivity index (χ0n) is 13.7. The van der Waals surface area contributed by atoms with Crippen LogP contribution < -0.4 is 10.1 Å². The van der Waals surface area contributed by atoms with Gasteiger partial charge in [-0.2, -0.15) is 0 Å². The minimum absolute atomic E-state index is 0.148. The maximum absolute atomic E-state index is 12.4. The van der Waals surface area contributed by atoms with Crippen LogP contribution in [-0.2, 0) is 4.79 Å². The summed E-state index contributed by atoms with van der Waals surface area (Å²) in [5.41, 5.74) is 1.44. The molecule has 1 aromatic carbocycles. The molecule has 1 atom stereocenters. The lowest BCUT2D eigenvalue weighted by molar-refractivity contribution is -0.129. The first kappa shape index (κ1) is 16.3. The van der Waals surface area contributed by atoms with E-state index in [4.69, 9.17) is 4.74 Å². The molecule has 1 saturated heterocycles. The summed E-state index contributed by atoms with van der Waals surface area (Å²) in [5, 5.41) is 2.94. The van der Waals surface area contributed by atoms with Crippen LogP contribution in [-0.4, -0.2) is 43.0 Å². The molecule has 0 spiro atoms. The summed E-state index contributed by atoms with van der Waals surface area (Å²) in [5.74, 6) is 0.769. The summed E-state index contributed by atoms with van der Waals surface area (Å²) in [7, 11) is 1.56. The average molecular weight is 304 g/mol. The Hall–Kier alpha value is -2.04. The summed E-state index contributed by atoms with van der Waals surface area (Å²) in [6.45, 7) is 7.12. The molecule has 5 heteroatoms. The normalized spacial score (nSPS) is 18.0. The van der Waals surface area contributed by atoms with Gasteiger partial charge in [-0.25, -0.2) is 0 Å². The van der Waals surface area contributed by atoms with Gasteiger partial charge in [-0.15, -0.1) is 0 Å². The van der Waals surface area contributed by atoms with Crippen LogP contribution in [0.25, 0.3) is 0 Å². The predicted octanol–water partition coefficient (Wildman–Crippen LogP) is 1.99. The van der Waals surface area contributed by atoms with Crippen LogP contribution in [0.1, 0.15) is 36.2 Å². The van der Waals surface area contributed by atoms with E-state index in [2.05, 4.69) is 5.32 Å². The van der Waals surface area contributed by atoms with Gasteiger partial charge in [0.25, 0.3) is 5.91 Å². The van der Waals surface area contributed by atoms with Crippen molar-refractivity contribution >= 4 is 11.8 Å². The first-order chi connectivity index (χ1) is 10.4. The van der Waals surface area contributed by atoms with Gasteiger partial charge in [0.15, 0.2) is 0 Å². The largest absolute Gasteiger partial charge is 0.496 e. The topological polar surface area (TPSA) is 58.6 Å². The Kier molecular flexibility index (Phi) is 5.06. The zero-order chi connectivity index (χ0) is 16.3. The van der Waals surface area contributed by atoms with Crippen molar-refractivity contribution in [3.05, 3.63) is 29.3 Å². The number of amides is 2. The van der Waals surface area contributed by atoms with Gasteiger partial charge in [0.2, 0.25) is 5.91 Å². The molecule has 2 rings (SSSR count). The van der Waals surface area contributed by atoms with E-state index in [0.29, 0.717) is 30.8 Å². The van der Waals surface area contributed by atoms with Gasteiger partial charge in [0.1, 0.15) is 5.75 Å². The van der Waals surface area contributed by atoms with Crippen LogP contribution in [0.2, 0.25) is 0 Å². The maximum atomic E-state index is 12.4. The molecular weight excluding hydrogens is 280 g/mol. The van der Waals surface area contributed by atoms with E-state index in [0.717, 1.165) is 5.56 Å². The Morgan fingerprint density at radius 1 is 1.45 bits per heavy atom. The number of ether oxygens (including phenoxy) is 1. The Balaban J connectivity index is 1.99. The highest BCUT2D eigenvalue weighted by atomic mass is 16.5. The van der Waals surface area contributed by atoms with Crippen molar-refractivity contribution < 1.29 is 14.3 Å². The summed E-state index contributed by atoms with van der Waals surface area (Å²) in [6, 6.07) is 5.74. The fourth-order valence-corrected chi connectivity index (χ4v) is 2.87. The van der Waals surface area contributed by atoms with Crippen molar-refractivity contribution in [3.63, 3.8) is 0 Å². The molecule has 2 amide bonds. The lowest BCUT2D eigenvalue weighted by atomic mass is 10.1. The Morgan fingerprint density at radius 2 is 2.18 bits per heavy atom. The van der Waals surface area contributed by atoms with Gasteiger partial charge in [0.05, 0.1) is 12.7 Å². The summed E-state index contributed by atoms with van der Waals surface area (Å²) in [4.78, 5) is 26.2. The van der Waals surface area contributed by atoms with Crippen LogP contribution in [0, 0.1) is 12.8 Å². The number of hydrogen-bond acceptors (Lipinski definition) is 3. The number of nitrogens with one attached hydrogen (secondary N) is 1. The average Bonchev–Trinajstić information content (AvgIpc) is 2.85. The Bertz CT molecular complexity index is 569. The molecule has 0 aliphatic carbocycles. The van der Waals surface area contributed by atoms with E-state index in [1.165, 1.54) is 0 Å². The molecule has 1 aliphatic rings. The van der Waals surface area contributed by atoms with Gasteiger partial charge < -0.3 is 15.0 Å². The fourth-order valence-electron chi connectivity index (χ4n) is 2.87. The number of methoxy groups -OCH3 is 1. The molecule has 120 valence electrons. The van der Waals surface area contributed by atoms with Gasteiger partial charge in [-0.1, -0.05) is 12.1 Å². The molecule has 22 heavy (non-hydrogen) atoms. The number of rotatable bonds is 5. The molecule has 1 aromatic rings. The highest BCUT2D eigenvalue weighted by molar-refractivity contribution is 5.98. The van der Waals surface area contributed by atoms with Crippen LogP contribution >= 0.6 is 0 Å². The Labute approximate surface area is 131 Å². The third-order valence-electron chi connectivity index (χ3n) is 4.09. The molecule has 1 heterocycles.